The van der Waals surface area contributed by atoms with Gasteiger partial charge in [-0.25, -0.2) is 25.9 Å². The molecule has 0 N–H and O–H groups in total. The number of benzene rings is 3. The van der Waals surface area contributed by atoms with E-state index < -0.39 is 19.8 Å². The first-order valence-electron chi connectivity index (χ1n) is 18.8. The van der Waals surface area contributed by atoms with Gasteiger partial charge in [-0.2, -0.15) is 0 Å². The third-order valence-electron chi connectivity index (χ3n) is 11.3. The molecule has 3 fully saturated rings. The van der Waals surface area contributed by atoms with Crippen LogP contribution in [0.15, 0.2) is 94.4 Å². The van der Waals surface area contributed by atoms with E-state index in [0.717, 1.165) is 66.7 Å². The van der Waals surface area contributed by atoms with E-state index in [-0.39, 0.29) is 11.8 Å². The lowest BCUT2D eigenvalue weighted by Crippen LogP contribution is -2.53. The fourth-order valence-corrected chi connectivity index (χ4v) is 11.2. The molecule has 0 radical (unpaired) electrons. The Bertz CT molecular complexity index is 2340. The number of pyridine rings is 1. The van der Waals surface area contributed by atoms with Crippen molar-refractivity contribution in [3.8, 4) is 22.3 Å². The highest BCUT2D eigenvalue weighted by Crippen LogP contribution is 2.37. The van der Waals surface area contributed by atoms with Crippen molar-refractivity contribution in [2.75, 3.05) is 57.5 Å². The van der Waals surface area contributed by atoms with E-state index in [1.807, 2.05) is 54.6 Å². The van der Waals surface area contributed by atoms with Crippen LogP contribution >= 0.6 is 0 Å². The van der Waals surface area contributed by atoms with E-state index in [4.69, 9.17) is 4.98 Å². The van der Waals surface area contributed by atoms with Crippen LogP contribution in [0.5, 0.6) is 0 Å². The van der Waals surface area contributed by atoms with E-state index in [0.29, 0.717) is 22.1 Å². The molecule has 9 nitrogen and oxygen atoms in total. The summed E-state index contributed by atoms with van der Waals surface area (Å²) in [5.41, 5.74) is 8.43. The smallest absolute Gasteiger partial charge is 0.244 e. The van der Waals surface area contributed by atoms with Crippen LogP contribution < -0.4 is 4.90 Å². The van der Waals surface area contributed by atoms with Gasteiger partial charge in [0.2, 0.25) is 10.0 Å². The number of hydrogen-bond donors (Lipinski definition) is 0. The highest BCUT2D eigenvalue weighted by atomic mass is 32.2. The largest absolute Gasteiger partial charge is 0.369 e. The predicted octanol–water partition coefficient (Wildman–Crippen LogP) is 7.20. The maximum atomic E-state index is 14.0. The molecule has 1 saturated carbocycles. The van der Waals surface area contributed by atoms with Gasteiger partial charge in [0.15, 0.2) is 5.65 Å². The van der Waals surface area contributed by atoms with Crippen molar-refractivity contribution in [2.45, 2.75) is 62.3 Å². The van der Waals surface area contributed by atoms with Crippen molar-refractivity contribution >= 4 is 36.5 Å². The molecule has 1 unspecified atom stereocenters. The lowest BCUT2D eigenvalue weighted by Gasteiger charge is -2.43. The van der Waals surface area contributed by atoms with Crippen LogP contribution in [0, 0.1) is 13.8 Å². The molecule has 8 rings (SSSR count). The number of aryl methyl sites for hydroxylation is 2. The molecule has 3 aliphatic rings. The number of aromatic nitrogens is 2. The summed E-state index contributed by atoms with van der Waals surface area (Å²) in [5, 5.41) is 0.746. The predicted molar refractivity (Wildman–Crippen MR) is 217 cm³/mol. The van der Waals surface area contributed by atoms with Crippen molar-refractivity contribution in [3.63, 3.8) is 0 Å². The molecular formula is C42H50N6O3S2. The summed E-state index contributed by atoms with van der Waals surface area (Å²) >= 11 is 0. The summed E-state index contributed by atoms with van der Waals surface area (Å²) < 4.78 is 47.3. The fourth-order valence-electron chi connectivity index (χ4n) is 8.24. The van der Waals surface area contributed by atoms with E-state index in [1.165, 1.54) is 46.7 Å². The van der Waals surface area contributed by atoms with Gasteiger partial charge in [-0.15, -0.1) is 0 Å². The minimum atomic E-state index is -3.81. The second-order valence-electron chi connectivity index (χ2n) is 15.4. The number of rotatable bonds is 9. The first-order chi connectivity index (χ1) is 25.4. The minimum absolute atomic E-state index is 0.147. The number of hydrogen-bond acceptors (Lipinski definition) is 8. The average molecular weight is 751 g/mol. The Morgan fingerprint density at radius 3 is 2.08 bits per heavy atom. The fraction of sp³-hybridized carbons (Fsp3) is 0.405. The highest BCUT2D eigenvalue weighted by Gasteiger charge is 2.28. The monoisotopic (exact) mass is 750 g/mol. The number of piperidine rings is 1. The van der Waals surface area contributed by atoms with Crippen LogP contribution in [0.1, 0.15) is 42.4 Å². The SMILES string of the molecule is Cc1cc(-c2cnc3c(c2)c(-c2ccc(S(C)(=O)=NC4CC4)cc2)cn3S(=O)(=O)Cc2ccccc2)cc(C)c1N1CCN(C2CCN(C)CC2)CC1. The van der Waals surface area contributed by atoms with Gasteiger partial charge in [0.25, 0.3) is 0 Å². The lowest BCUT2D eigenvalue weighted by atomic mass is 9.97. The third-order valence-corrected chi connectivity index (χ3v) is 14.7. The van der Waals surface area contributed by atoms with Crippen LogP contribution in [0.4, 0.5) is 5.69 Å². The minimum Gasteiger partial charge on any atom is -0.369 e. The van der Waals surface area contributed by atoms with E-state index in [2.05, 4.69) is 58.2 Å². The Hall–Kier alpha value is -4.03. The maximum absolute atomic E-state index is 14.0. The third kappa shape index (κ3) is 7.54. The Kier molecular flexibility index (Phi) is 9.72. The quantitative estimate of drug-likeness (QED) is 0.158. The van der Waals surface area contributed by atoms with Crippen molar-refractivity contribution in [3.05, 3.63) is 102 Å². The van der Waals surface area contributed by atoms with E-state index in [9.17, 15) is 12.6 Å². The lowest BCUT2D eigenvalue weighted by molar-refractivity contribution is 0.115. The topological polar surface area (TPSA) is 91.1 Å². The van der Waals surface area contributed by atoms with Crippen LogP contribution in [-0.2, 0) is 25.5 Å². The van der Waals surface area contributed by atoms with Gasteiger partial charge in [0.1, 0.15) is 0 Å². The summed E-state index contributed by atoms with van der Waals surface area (Å²) in [6, 6.07) is 24.2. The zero-order chi connectivity index (χ0) is 36.9. The summed E-state index contributed by atoms with van der Waals surface area (Å²) in [4.78, 5) is 13.2. The number of likely N-dealkylation sites (tertiary alicyclic amines) is 1. The first kappa shape index (κ1) is 36.0. The van der Waals surface area contributed by atoms with E-state index >= 15 is 0 Å². The molecule has 2 aliphatic heterocycles. The standard InChI is InChI=1S/C42H50N6O3S2/c1-30-24-34(25-31(2)41(30)47-22-20-46(21-23-47)37-16-18-45(3)19-17-37)35-26-39-40(33-10-14-38(15-11-33)52(4,49)44-36-12-13-36)28-48(42(39)43-27-35)53(50,51)29-32-8-6-5-7-9-32/h5-11,14-15,24-28,36-37H,12-13,16-23,29H2,1-4H3. The molecule has 4 heterocycles. The molecule has 278 valence electrons. The van der Waals surface area contributed by atoms with Gasteiger partial charge in [0, 0.05) is 78.0 Å². The first-order valence-corrected chi connectivity index (χ1v) is 22.4. The Morgan fingerprint density at radius 1 is 0.774 bits per heavy atom. The molecule has 0 bridgehead atoms. The zero-order valence-electron chi connectivity index (χ0n) is 31.2. The van der Waals surface area contributed by atoms with Gasteiger partial charge < -0.3 is 9.80 Å². The molecule has 2 aromatic heterocycles. The molecule has 53 heavy (non-hydrogen) atoms. The normalized spacial score (nSPS) is 19.1. The maximum Gasteiger partial charge on any atom is 0.244 e. The molecule has 3 aromatic carbocycles. The van der Waals surface area contributed by atoms with Gasteiger partial charge in [-0.05, 0) is 118 Å². The van der Waals surface area contributed by atoms with E-state index in [1.54, 1.807) is 18.6 Å². The van der Waals surface area contributed by atoms with Crippen molar-refractivity contribution in [1.82, 2.24) is 18.8 Å². The van der Waals surface area contributed by atoms with Crippen molar-refractivity contribution in [1.29, 1.82) is 0 Å². The van der Waals surface area contributed by atoms with Crippen LogP contribution in [0.25, 0.3) is 33.3 Å². The van der Waals surface area contributed by atoms with Gasteiger partial charge in [0.05, 0.1) is 21.5 Å². The number of fused-ring (bicyclic) bond motifs is 1. The summed E-state index contributed by atoms with van der Waals surface area (Å²) in [6.07, 6.45) is 9.69. The van der Waals surface area contributed by atoms with Gasteiger partial charge in [-0.3, -0.25) is 4.90 Å². The molecule has 1 atom stereocenters. The summed E-state index contributed by atoms with van der Waals surface area (Å²) in [7, 11) is -4.09. The van der Waals surface area contributed by atoms with Gasteiger partial charge in [-0.1, -0.05) is 42.5 Å². The Morgan fingerprint density at radius 2 is 1.43 bits per heavy atom. The molecule has 0 amide bonds. The second-order valence-corrected chi connectivity index (χ2v) is 19.5. The Labute approximate surface area is 314 Å². The summed E-state index contributed by atoms with van der Waals surface area (Å²) in [6.45, 7) is 11.0. The van der Waals surface area contributed by atoms with Crippen molar-refractivity contribution in [2.24, 2.45) is 4.36 Å². The number of piperazine rings is 1. The zero-order valence-corrected chi connectivity index (χ0v) is 32.9. The summed E-state index contributed by atoms with van der Waals surface area (Å²) in [5.74, 6) is -0.147. The number of anilines is 1. The molecule has 11 heteroatoms. The van der Waals surface area contributed by atoms with Crippen LogP contribution in [0.2, 0.25) is 0 Å². The van der Waals surface area contributed by atoms with Crippen LogP contribution in [0.3, 0.4) is 0 Å². The highest BCUT2D eigenvalue weighted by molar-refractivity contribution is 7.93. The molecular weight excluding hydrogens is 701 g/mol. The van der Waals surface area contributed by atoms with Crippen LogP contribution in [-0.4, -0.2) is 96.0 Å². The molecule has 1 aliphatic carbocycles. The molecule has 2 saturated heterocycles. The average Bonchev–Trinajstić information content (AvgIpc) is 3.87. The Balaban J connectivity index is 1.13. The molecule has 5 aromatic rings. The van der Waals surface area contributed by atoms with Crippen molar-refractivity contribution < 1.29 is 12.6 Å². The van der Waals surface area contributed by atoms with Gasteiger partial charge >= 0.3 is 0 Å². The second kappa shape index (κ2) is 14.3. The number of nitrogens with zero attached hydrogens (tertiary/aromatic N) is 6. The molecule has 0 spiro atoms.